The van der Waals surface area contributed by atoms with Crippen molar-refractivity contribution in [1.29, 1.82) is 0 Å². The largest absolute Gasteiger partial charge is 0.358 e. The Morgan fingerprint density at radius 1 is 1.22 bits per heavy atom. The molecule has 0 aliphatic carbocycles. The summed E-state index contributed by atoms with van der Waals surface area (Å²) in [5, 5.41) is 0. The first-order valence-electron chi connectivity index (χ1n) is 7.17. The van der Waals surface area contributed by atoms with Gasteiger partial charge in [-0.3, -0.25) is 0 Å². The van der Waals surface area contributed by atoms with E-state index in [0.717, 1.165) is 0 Å². The van der Waals surface area contributed by atoms with Crippen LogP contribution in [-0.2, 0) is 0 Å². The summed E-state index contributed by atoms with van der Waals surface area (Å²) in [6.07, 6.45) is 3.94. The van der Waals surface area contributed by atoms with E-state index in [-0.39, 0.29) is 0 Å². The predicted molar refractivity (Wildman–Crippen MR) is 78.4 cm³/mol. The predicted octanol–water partition coefficient (Wildman–Crippen LogP) is 4.92. The maximum atomic E-state index is 2.60. The molecule has 0 radical (unpaired) electrons. The van der Waals surface area contributed by atoms with E-state index in [1.807, 2.05) is 0 Å². The summed E-state index contributed by atoms with van der Waals surface area (Å²) < 4.78 is 0. The van der Waals surface area contributed by atoms with E-state index < -0.39 is 0 Å². The standard InChI is InChI=1S/C17H25N/c1-5-6-12-16-17(13(2)3)18(16)14(4)15-10-8-7-9-11-15/h7-11,14,16H,5-6,12H2,1-4H3/t14-,16-,18?/m1/s1. The van der Waals surface area contributed by atoms with Gasteiger partial charge in [-0.2, -0.15) is 0 Å². The van der Waals surface area contributed by atoms with Gasteiger partial charge >= 0.3 is 0 Å². The lowest BCUT2D eigenvalue weighted by Crippen LogP contribution is -2.08. The molecule has 1 saturated heterocycles. The second-order valence-corrected chi connectivity index (χ2v) is 5.54. The zero-order valence-electron chi connectivity index (χ0n) is 12.1. The Labute approximate surface area is 112 Å². The third kappa shape index (κ3) is 2.60. The van der Waals surface area contributed by atoms with Crippen molar-refractivity contribution in [3.05, 3.63) is 47.2 Å². The van der Waals surface area contributed by atoms with Crippen LogP contribution in [-0.4, -0.2) is 10.9 Å². The minimum absolute atomic E-state index is 0.512. The molecule has 0 spiro atoms. The van der Waals surface area contributed by atoms with Crippen LogP contribution in [0.15, 0.2) is 41.6 Å². The van der Waals surface area contributed by atoms with Crippen LogP contribution in [0.25, 0.3) is 0 Å². The summed E-state index contributed by atoms with van der Waals surface area (Å²) in [6, 6.07) is 12.1. The first-order valence-corrected chi connectivity index (χ1v) is 7.17. The lowest BCUT2D eigenvalue weighted by atomic mass is 10.1. The van der Waals surface area contributed by atoms with E-state index in [0.29, 0.717) is 12.1 Å². The summed E-state index contributed by atoms with van der Waals surface area (Å²) in [6.45, 7) is 9.08. The minimum atomic E-state index is 0.512. The normalized spacial score (nSPS) is 19.9. The molecule has 1 nitrogen and oxygen atoms in total. The fourth-order valence-electron chi connectivity index (χ4n) is 2.89. The fraction of sp³-hybridized carbons (Fsp3) is 0.529. The highest BCUT2D eigenvalue weighted by atomic mass is 15.3. The fourth-order valence-corrected chi connectivity index (χ4v) is 2.89. The summed E-state index contributed by atoms with van der Waals surface area (Å²) >= 11 is 0. The van der Waals surface area contributed by atoms with Crippen molar-refractivity contribution in [3.63, 3.8) is 0 Å². The molecule has 2 rings (SSSR count). The topological polar surface area (TPSA) is 3.01 Å². The third-order valence-electron chi connectivity index (χ3n) is 3.90. The summed E-state index contributed by atoms with van der Waals surface area (Å²) in [5.74, 6) is 0. The Kier molecular flexibility index (Phi) is 4.11. The van der Waals surface area contributed by atoms with Crippen LogP contribution in [0.1, 0.15) is 58.6 Å². The number of hydrogen-bond donors (Lipinski definition) is 0. The van der Waals surface area contributed by atoms with Crippen molar-refractivity contribution in [2.45, 2.75) is 59.0 Å². The highest BCUT2D eigenvalue weighted by Crippen LogP contribution is 2.46. The lowest BCUT2D eigenvalue weighted by molar-refractivity contribution is 0.403. The van der Waals surface area contributed by atoms with Gasteiger partial charge in [0.1, 0.15) is 0 Å². The van der Waals surface area contributed by atoms with Crippen LogP contribution in [0.2, 0.25) is 0 Å². The smallest absolute Gasteiger partial charge is 0.0694 e. The minimum Gasteiger partial charge on any atom is -0.358 e. The summed E-state index contributed by atoms with van der Waals surface area (Å²) in [7, 11) is 0. The zero-order chi connectivity index (χ0) is 13.1. The maximum absolute atomic E-state index is 2.60. The zero-order valence-corrected chi connectivity index (χ0v) is 12.1. The van der Waals surface area contributed by atoms with Crippen LogP contribution in [0.5, 0.6) is 0 Å². The van der Waals surface area contributed by atoms with Gasteiger partial charge in [-0.05, 0) is 32.8 Å². The highest BCUT2D eigenvalue weighted by molar-refractivity contribution is 5.35. The SMILES string of the molecule is CCCC[C@@H]1C(=C(C)C)N1[C@H](C)c1ccccc1. The monoisotopic (exact) mass is 243 g/mol. The van der Waals surface area contributed by atoms with Crippen molar-refractivity contribution in [2.24, 2.45) is 0 Å². The molecule has 1 aliphatic heterocycles. The Bertz CT molecular complexity index is 414. The summed E-state index contributed by atoms with van der Waals surface area (Å²) in [4.78, 5) is 2.60. The Hall–Kier alpha value is -1.24. The molecule has 0 N–H and O–H groups in total. The first-order chi connectivity index (χ1) is 8.66. The quantitative estimate of drug-likeness (QED) is 0.664. The molecule has 1 heterocycles. The van der Waals surface area contributed by atoms with Crippen LogP contribution < -0.4 is 0 Å². The third-order valence-corrected chi connectivity index (χ3v) is 3.90. The lowest BCUT2D eigenvalue weighted by Gasteiger charge is -2.15. The van der Waals surface area contributed by atoms with Gasteiger partial charge in [0.2, 0.25) is 0 Å². The van der Waals surface area contributed by atoms with Crippen LogP contribution in [0.3, 0.4) is 0 Å². The van der Waals surface area contributed by atoms with E-state index in [4.69, 9.17) is 0 Å². The second kappa shape index (κ2) is 5.60. The molecule has 0 amide bonds. The van der Waals surface area contributed by atoms with E-state index in [2.05, 4.69) is 62.9 Å². The van der Waals surface area contributed by atoms with Gasteiger partial charge in [0, 0.05) is 5.70 Å². The van der Waals surface area contributed by atoms with Gasteiger partial charge in [-0.15, -0.1) is 0 Å². The molecular weight excluding hydrogens is 218 g/mol. The van der Waals surface area contributed by atoms with E-state index >= 15 is 0 Å². The molecular formula is C17H25N. The van der Waals surface area contributed by atoms with Crippen molar-refractivity contribution >= 4 is 0 Å². The van der Waals surface area contributed by atoms with E-state index in [1.165, 1.54) is 30.4 Å². The molecule has 1 fully saturated rings. The molecule has 1 aliphatic rings. The Balaban J connectivity index is 2.11. The first kappa shape index (κ1) is 13.2. The molecule has 0 bridgehead atoms. The van der Waals surface area contributed by atoms with Gasteiger partial charge in [-0.25, -0.2) is 0 Å². The van der Waals surface area contributed by atoms with Gasteiger partial charge in [0.25, 0.3) is 0 Å². The van der Waals surface area contributed by atoms with Gasteiger partial charge < -0.3 is 4.90 Å². The van der Waals surface area contributed by atoms with E-state index in [1.54, 1.807) is 5.70 Å². The van der Waals surface area contributed by atoms with Gasteiger partial charge in [-0.1, -0.05) is 55.7 Å². The molecule has 18 heavy (non-hydrogen) atoms. The molecule has 2 atom stereocenters. The molecule has 98 valence electrons. The molecule has 1 aromatic rings. The van der Waals surface area contributed by atoms with Crippen LogP contribution in [0, 0.1) is 0 Å². The average molecular weight is 243 g/mol. The average Bonchev–Trinajstić information content (AvgIpc) is 3.11. The van der Waals surface area contributed by atoms with Crippen molar-refractivity contribution in [2.75, 3.05) is 0 Å². The highest BCUT2D eigenvalue weighted by Gasteiger charge is 2.43. The number of nitrogens with zero attached hydrogens (tertiary/aromatic N) is 1. The molecule has 1 aromatic carbocycles. The second-order valence-electron chi connectivity index (χ2n) is 5.54. The Morgan fingerprint density at radius 3 is 2.44 bits per heavy atom. The van der Waals surface area contributed by atoms with Crippen molar-refractivity contribution in [1.82, 2.24) is 4.90 Å². The maximum Gasteiger partial charge on any atom is 0.0694 e. The van der Waals surface area contributed by atoms with Gasteiger partial charge in [0.15, 0.2) is 0 Å². The van der Waals surface area contributed by atoms with E-state index in [9.17, 15) is 0 Å². The molecule has 0 unspecified atom stereocenters. The molecule has 0 saturated carbocycles. The number of unbranched alkanes of at least 4 members (excludes halogenated alkanes) is 1. The van der Waals surface area contributed by atoms with Crippen LogP contribution >= 0.6 is 0 Å². The summed E-state index contributed by atoms with van der Waals surface area (Å²) in [5.41, 5.74) is 4.49. The molecule has 1 heteroatoms. The number of benzene rings is 1. The van der Waals surface area contributed by atoms with Crippen LogP contribution in [0.4, 0.5) is 0 Å². The number of allylic oxidation sites excluding steroid dienone is 1. The van der Waals surface area contributed by atoms with Gasteiger partial charge in [0.05, 0.1) is 12.1 Å². The number of rotatable bonds is 5. The number of hydrogen-bond acceptors (Lipinski definition) is 1. The van der Waals surface area contributed by atoms with Crippen molar-refractivity contribution in [3.8, 4) is 0 Å². The molecule has 0 aromatic heterocycles. The van der Waals surface area contributed by atoms with Crippen molar-refractivity contribution < 1.29 is 0 Å². The Morgan fingerprint density at radius 2 is 1.89 bits per heavy atom.